The number of ether oxygens (including phenoxy) is 1. The summed E-state index contributed by atoms with van der Waals surface area (Å²) in [7, 11) is 1.83. The first kappa shape index (κ1) is 18.0. The van der Waals surface area contributed by atoms with Gasteiger partial charge < -0.3 is 15.0 Å². The molecule has 2 aromatic heterocycles. The highest BCUT2D eigenvalue weighted by Gasteiger charge is 2.27. The van der Waals surface area contributed by atoms with E-state index in [1.54, 1.807) is 39.7 Å². The van der Waals surface area contributed by atoms with Crippen LogP contribution in [0.3, 0.4) is 0 Å². The first-order valence-corrected chi connectivity index (χ1v) is 9.26. The van der Waals surface area contributed by atoms with Crippen LogP contribution in [0.25, 0.3) is 11.1 Å². The van der Waals surface area contributed by atoms with Crippen LogP contribution >= 0.6 is 0 Å². The van der Waals surface area contributed by atoms with Gasteiger partial charge in [0, 0.05) is 43.9 Å². The fourth-order valence-electron chi connectivity index (χ4n) is 3.21. The number of aryl methyl sites for hydroxylation is 1. The maximum atomic E-state index is 12.9. The summed E-state index contributed by atoms with van der Waals surface area (Å²) in [5.74, 6) is 1.54. The van der Waals surface area contributed by atoms with Gasteiger partial charge in [-0.3, -0.25) is 4.79 Å². The zero-order valence-electron chi connectivity index (χ0n) is 15.6. The van der Waals surface area contributed by atoms with Crippen molar-refractivity contribution in [3.63, 3.8) is 0 Å². The zero-order valence-corrected chi connectivity index (χ0v) is 15.6. The molecule has 0 spiro atoms. The van der Waals surface area contributed by atoms with Crippen LogP contribution in [-0.4, -0.2) is 20.9 Å². The van der Waals surface area contributed by atoms with Crippen molar-refractivity contribution in [3.05, 3.63) is 64.2 Å². The van der Waals surface area contributed by atoms with Gasteiger partial charge in [-0.25, -0.2) is 4.68 Å². The number of nitriles is 1. The van der Waals surface area contributed by atoms with Crippen LogP contribution in [0.4, 0.5) is 0 Å². The Kier molecular flexibility index (Phi) is 4.72. The average molecular weight is 375 g/mol. The van der Waals surface area contributed by atoms with Crippen molar-refractivity contribution in [2.24, 2.45) is 12.8 Å². The maximum absolute atomic E-state index is 12.9. The molecule has 28 heavy (non-hydrogen) atoms. The molecule has 2 heterocycles. The van der Waals surface area contributed by atoms with Crippen molar-refractivity contribution in [2.45, 2.75) is 25.3 Å². The van der Waals surface area contributed by atoms with Gasteiger partial charge in [-0.1, -0.05) is 0 Å². The second-order valence-electron chi connectivity index (χ2n) is 6.94. The van der Waals surface area contributed by atoms with Crippen LogP contribution in [0.1, 0.15) is 30.0 Å². The summed E-state index contributed by atoms with van der Waals surface area (Å²) in [5, 5.41) is 13.8. The first-order chi connectivity index (χ1) is 13.6. The van der Waals surface area contributed by atoms with Crippen LogP contribution in [0.2, 0.25) is 0 Å². The van der Waals surface area contributed by atoms with Gasteiger partial charge in [0.15, 0.2) is 0 Å². The molecule has 1 saturated carbocycles. The van der Waals surface area contributed by atoms with Crippen LogP contribution in [0.15, 0.2) is 47.4 Å². The number of hydrogen-bond acceptors (Lipinski definition) is 5. The molecule has 1 aromatic carbocycles. The maximum Gasteiger partial charge on any atom is 0.258 e. The summed E-state index contributed by atoms with van der Waals surface area (Å²) < 4.78 is 9.39. The van der Waals surface area contributed by atoms with E-state index in [0.29, 0.717) is 47.3 Å². The summed E-state index contributed by atoms with van der Waals surface area (Å²) in [6.45, 7) is 0.810. The van der Waals surface area contributed by atoms with Crippen LogP contribution < -0.4 is 16.0 Å². The number of aromatic nitrogens is 3. The summed E-state index contributed by atoms with van der Waals surface area (Å²) in [4.78, 5) is 12.9. The van der Waals surface area contributed by atoms with Gasteiger partial charge in [-0.05, 0) is 43.2 Å². The molecule has 0 radical (unpaired) electrons. The van der Waals surface area contributed by atoms with Gasteiger partial charge in [-0.2, -0.15) is 10.4 Å². The quantitative estimate of drug-likeness (QED) is 0.714. The number of rotatable bonds is 6. The lowest BCUT2D eigenvalue weighted by Gasteiger charge is -2.13. The molecule has 0 bridgehead atoms. The van der Waals surface area contributed by atoms with Crippen LogP contribution in [-0.2, 0) is 13.6 Å². The molecule has 7 nitrogen and oxygen atoms in total. The van der Waals surface area contributed by atoms with Crippen molar-refractivity contribution < 1.29 is 4.74 Å². The minimum absolute atomic E-state index is 0.147. The molecule has 3 aromatic rings. The third kappa shape index (κ3) is 3.42. The van der Waals surface area contributed by atoms with Crippen molar-refractivity contribution in [3.8, 4) is 28.8 Å². The Morgan fingerprint density at radius 1 is 1.29 bits per heavy atom. The largest absolute Gasteiger partial charge is 0.439 e. The minimum atomic E-state index is -0.147. The molecule has 1 fully saturated rings. The monoisotopic (exact) mass is 375 g/mol. The fraction of sp³-hybridized carbons (Fsp3) is 0.286. The molecule has 7 heteroatoms. The van der Waals surface area contributed by atoms with E-state index in [-0.39, 0.29) is 5.56 Å². The zero-order chi connectivity index (χ0) is 19.7. The third-order valence-electron chi connectivity index (χ3n) is 4.86. The Morgan fingerprint density at radius 3 is 2.82 bits per heavy atom. The average Bonchev–Trinajstić information content (AvgIpc) is 3.48. The highest BCUT2D eigenvalue weighted by Crippen LogP contribution is 2.41. The van der Waals surface area contributed by atoms with E-state index in [1.807, 2.05) is 19.2 Å². The predicted octanol–water partition coefficient (Wildman–Crippen LogP) is 2.75. The second kappa shape index (κ2) is 7.33. The Balaban J connectivity index is 1.78. The molecule has 0 aliphatic heterocycles. The molecule has 0 unspecified atom stereocenters. The summed E-state index contributed by atoms with van der Waals surface area (Å²) >= 11 is 0. The van der Waals surface area contributed by atoms with Crippen molar-refractivity contribution in [1.82, 2.24) is 14.3 Å². The van der Waals surface area contributed by atoms with Gasteiger partial charge >= 0.3 is 0 Å². The summed E-state index contributed by atoms with van der Waals surface area (Å²) in [6, 6.07) is 12.7. The third-order valence-corrected chi connectivity index (χ3v) is 4.86. The number of nitrogens with zero attached hydrogens (tertiary/aromatic N) is 4. The molecule has 142 valence electrons. The van der Waals surface area contributed by atoms with E-state index in [2.05, 4.69) is 11.2 Å². The standard InChI is InChI=1S/C21H21N5O2/c1-25-20(12-18(24-25)15-5-6-15)28-19-11-14(13-23)4-7-16(19)17-3-2-9-26(10-8-22)21(17)27/h2-4,7,9,11-12,15H,5-6,8,10,22H2,1H3. The van der Waals surface area contributed by atoms with E-state index in [0.717, 1.165) is 18.5 Å². The van der Waals surface area contributed by atoms with E-state index in [4.69, 9.17) is 10.5 Å². The highest BCUT2D eigenvalue weighted by atomic mass is 16.5. The topological polar surface area (TPSA) is 98.9 Å². The lowest BCUT2D eigenvalue weighted by Crippen LogP contribution is -2.24. The van der Waals surface area contributed by atoms with Crippen molar-refractivity contribution in [1.29, 1.82) is 5.26 Å². The Bertz CT molecular complexity index is 1120. The Labute approximate surface area is 162 Å². The molecule has 0 saturated heterocycles. The minimum Gasteiger partial charge on any atom is -0.439 e. The number of benzene rings is 1. The van der Waals surface area contributed by atoms with Crippen LogP contribution in [0.5, 0.6) is 11.6 Å². The normalized spacial score (nSPS) is 13.3. The fourth-order valence-corrected chi connectivity index (χ4v) is 3.21. The predicted molar refractivity (Wildman–Crippen MR) is 105 cm³/mol. The number of hydrogen-bond donors (Lipinski definition) is 1. The summed E-state index contributed by atoms with van der Waals surface area (Å²) in [5.41, 5.74) is 8.06. The molecule has 1 aliphatic rings. The Morgan fingerprint density at radius 2 is 2.11 bits per heavy atom. The lowest BCUT2D eigenvalue weighted by molar-refractivity contribution is 0.432. The molecule has 0 atom stereocenters. The molecular formula is C21H21N5O2. The summed E-state index contributed by atoms with van der Waals surface area (Å²) in [6.07, 6.45) is 4.01. The van der Waals surface area contributed by atoms with Gasteiger partial charge in [0.05, 0.1) is 22.9 Å². The van der Waals surface area contributed by atoms with Crippen molar-refractivity contribution >= 4 is 0 Å². The van der Waals surface area contributed by atoms with Crippen LogP contribution in [0, 0.1) is 11.3 Å². The smallest absolute Gasteiger partial charge is 0.258 e. The molecule has 4 rings (SSSR count). The molecule has 1 aliphatic carbocycles. The van der Waals surface area contributed by atoms with E-state index in [1.165, 1.54) is 0 Å². The van der Waals surface area contributed by atoms with E-state index < -0.39 is 0 Å². The number of nitrogens with two attached hydrogens (primary N) is 1. The SMILES string of the molecule is Cn1nc(C2CC2)cc1Oc1cc(C#N)ccc1-c1cccn(CCN)c1=O. The Hall–Kier alpha value is -3.37. The van der Waals surface area contributed by atoms with Crippen molar-refractivity contribution in [2.75, 3.05) is 6.54 Å². The number of pyridine rings is 1. The van der Waals surface area contributed by atoms with E-state index in [9.17, 15) is 10.1 Å². The lowest BCUT2D eigenvalue weighted by atomic mass is 10.0. The van der Waals surface area contributed by atoms with E-state index >= 15 is 0 Å². The first-order valence-electron chi connectivity index (χ1n) is 9.26. The molecule has 2 N–H and O–H groups in total. The van der Waals surface area contributed by atoms with Gasteiger partial charge in [0.25, 0.3) is 5.56 Å². The molecular weight excluding hydrogens is 354 g/mol. The highest BCUT2D eigenvalue weighted by molar-refractivity contribution is 5.71. The molecule has 0 amide bonds. The van der Waals surface area contributed by atoms with Gasteiger partial charge in [0.1, 0.15) is 5.75 Å². The second-order valence-corrected chi connectivity index (χ2v) is 6.94. The van der Waals surface area contributed by atoms with Gasteiger partial charge in [0.2, 0.25) is 5.88 Å². The van der Waals surface area contributed by atoms with Gasteiger partial charge in [-0.15, -0.1) is 0 Å².